The van der Waals surface area contributed by atoms with Gasteiger partial charge in [0.25, 0.3) is 0 Å². The maximum Gasteiger partial charge on any atom is -0.172 e. The molecule has 68 heavy (non-hydrogen) atoms. The standard InChI is InChI=1S/C45H53.C13H8Cl2.C5H5.2ClH.Zr/c1-44(2,3)42-28-38-32(26-40(42)36-23-15-13-21-34(36)30-17-9-7-10-18-30)25-33-27-41(43(29-39(33)38)45(4,5)6)37-24-16-14-22-35(37)31-19-11-8-12-20-31;14-12-5-1-10(2-6-12)9-11-3-7-13(15)8-4-11;1-2-4-5-3-1;;;/h13-16,21-24,26,28-31H,7-12,17-20,25H2,1-6H3;1-8H;1-5H;2*1H;/q-1;;-1;;;+2/p-2. The van der Waals surface area contributed by atoms with Gasteiger partial charge in [0.05, 0.1) is 0 Å². The first kappa shape index (κ1) is 53.9. The van der Waals surface area contributed by atoms with E-state index in [0.29, 0.717) is 11.8 Å². The average molecular weight is 1060 g/mol. The van der Waals surface area contributed by atoms with Gasteiger partial charge in [0.1, 0.15) is 0 Å². The summed E-state index contributed by atoms with van der Waals surface area (Å²) in [5.74, 6) is 1.35. The second-order valence-corrected chi connectivity index (χ2v) is 23.0. The molecule has 10 rings (SSSR count). The first-order valence-electron chi connectivity index (χ1n) is 24.5. The second kappa shape index (κ2) is 24.1. The van der Waals surface area contributed by atoms with Crippen molar-refractivity contribution in [2.75, 3.05) is 0 Å². The van der Waals surface area contributed by atoms with Gasteiger partial charge in [0.2, 0.25) is 0 Å². The van der Waals surface area contributed by atoms with Crippen molar-refractivity contribution in [3.05, 3.63) is 206 Å². The van der Waals surface area contributed by atoms with Crippen LogP contribution in [-0.2, 0) is 41.5 Å². The van der Waals surface area contributed by atoms with Crippen LogP contribution in [0.25, 0.3) is 33.4 Å². The predicted molar refractivity (Wildman–Crippen MR) is 282 cm³/mol. The Bertz CT molecular complexity index is 2530. The Balaban J connectivity index is 0.000000274. The molecule has 2 fully saturated rings. The summed E-state index contributed by atoms with van der Waals surface area (Å²) in [4.78, 5) is 0. The molecule has 0 aromatic heterocycles. The summed E-state index contributed by atoms with van der Waals surface area (Å²) in [5.41, 5.74) is 19.9. The van der Waals surface area contributed by atoms with Crippen LogP contribution < -0.4 is 24.8 Å². The largest absolute Gasteiger partial charge is 1.00 e. The van der Waals surface area contributed by atoms with E-state index in [1.807, 2.05) is 78.9 Å². The Morgan fingerprint density at radius 3 is 1.44 bits per heavy atom. The zero-order chi connectivity index (χ0) is 46.4. The number of rotatable bonds is 6. The summed E-state index contributed by atoms with van der Waals surface area (Å²) in [6.45, 7) is 14.4. The van der Waals surface area contributed by atoms with Crippen LogP contribution in [0.2, 0.25) is 10.0 Å². The van der Waals surface area contributed by atoms with E-state index in [2.05, 4.69) is 114 Å². The zero-order valence-electron chi connectivity index (χ0n) is 40.8. The van der Waals surface area contributed by atoms with Crippen LogP contribution in [0, 0.1) is 6.07 Å². The smallest absolute Gasteiger partial charge is 0.172 e. The summed E-state index contributed by atoms with van der Waals surface area (Å²) >= 11 is 13.1. The van der Waals surface area contributed by atoms with Gasteiger partial charge < -0.3 is 24.8 Å². The van der Waals surface area contributed by atoms with Gasteiger partial charge in [-0.25, -0.2) is 12.1 Å². The van der Waals surface area contributed by atoms with Crippen molar-refractivity contribution in [2.45, 2.75) is 135 Å². The molecular formula is C63H66Cl4Zr-2. The summed E-state index contributed by atoms with van der Waals surface area (Å²) in [5, 5.41) is 1.53. The second-order valence-electron chi connectivity index (χ2n) is 20.9. The fraction of sp³-hybridized carbons (Fsp3) is 0.333. The van der Waals surface area contributed by atoms with E-state index in [0.717, 1.165) is 16.5 Å². The molecule has 3 aliphatic rings. The normalized spacial score (nSPS) is 14.7. The van der Waals surface area contributed by atoms with Gasteiger partial charge in [0, 0.05) is 0 Å². The van der Waals surface area contributed by atoms with Gasteiger partial charge in [-0.2, -0.15) is 18.2 Å². The molecule has 0 spiro atoms. The average Bonchev–Trinajstić information content (AvgIpc) is 4.04. The monoisotopic (exact) mass is 1050 g/mol. The fourth-order valence-corrected chi connectivity index (χ4v) is 11.6. The minimum atomic E-state index is 0. The molecule has 0 aliphatic heterocycles. The van der Waals surface area contributed by atoms with Crippen LogP contribution in [-0.4, -0.2) is 3.21 Å². The van der Waals surface area contributed by atoms with Gasteiger partial charge in [0.15, 0.2) is 0 Å². The van der Waals surface area contributed by atoms with Crippen LogP contribution in [0.15, 0.2) is 146 Å². The van der Waals surface area contributed by atoms with Crippen molar-refractivity contribution >= 4 is 26.4 Å². The zero-order valence-corrected chi connectivity index (χ0v) is 46.3. The van der Waals surface area contributed by atoms with Crippen LogP contribution in [0.1, 0.15) is 162 Å². The molecule has 5 heteroatoms. The van der Waals surface area contributed by atoms with Crippen LogP contribution in [0.5, 0.6) is 0 Å². The van der Waals surface area contributed by atoms with Crippen LogP contribution in [0.4, 0.5) is 0 Å². The molecule has 3 aliphatic carbocycles. The maximum absolute atomic E-state index is 5.86. The summed E-state index contributed by atoms with van der Waals surface area (Å²) in [6, 6.07) is 56.3. The molecule has 0 amide bonds. The Morgan fingerprint density at radius 2 is 0.971 bits per heavy atom. The topological polar surface area (TPSA) is 0 Å². The molecule has 7 aromatic carbocycles. The van der Waals surface area contributed by atoms with E-state index in [-0.39, 0.29) is 35.6 Å². The maximum atomic E-state index is 5.86. The Kier molecular flexibility index (Phi) is 19.1. The molecule has 0 atom stereocenters. The Morgan fingerprint density at radius 1 is 0.515 bits per heavy atom. The van der Waals surface area contributed by atoms with Gasteiger partial charge in [-0.15, -0.1) is 28.8 Å². The van der Waals surface area contributed by atoms with Gasteiger partial charge in [-0.1, -0.05) is 163 Å². The minimum Gasteiger partial charge on any atom is -1.00 e. The van der Waals surface area contributed by atoms with Gasteiger partial charge in [-0.05, 0) is 82.6 Å². The quantitative estimate of drug-likeness (QED) is 0.146. The van der Waals surface area contributed by atoms with E-state index in [9.17, 15) is 0 Å². The van der Waals surface area contributed by atoms with Crippen LogP contribution in [0.3, 0.4) is 0 Å². The first-order chi connectivity index (χ1) is 31.8. The van der Waals surface area contributed by atoms with E-state index in [4.69, 9.17) is 23.2 Å². The molecule has 352 valence electrons. The van der Waals surface area contributed by atoms with Gasteiger partial charge in [-0.3, -0.25) is 0 Å². The summed E-state index contributed by atoms with van der Waals surface area (Å²) in [6.07, 6.45) is 14.5. The van der Waals surface area contributed by atoms with Crippen molar-refractivity contribution in [1.29, 1.82) is 0 Å². The molecule has 2 saturated carbocycles. The molecule has 0 nitrogen and oxygen atoms in total. The molecule has 0 N–H and O–H groups in total. The number of hydrogen-bond acceptors (Lipinski definition) is 0. The van der Waals surface area contributed by atoms with E-state index in [1.54, 1.807) is 11.1 Å². The number of halogens is 4. The molecule has 0 heterocycles. The molecule has 7 aromatic rings. The van der Waals surface area contributed by atoms with E-state index in [1.165, 1.54) is 158 Å². The van der Waals surface area contributed by atoms with Crippen molar-refractivity contribution in [2.24, 2.45) is 0 Å². The SMILES string of the molecule is CC(C)(C)c1cc2c([c-]c1-c1ccccc1C1CCCCC1)Cc1cc(-c3ccccc3C3CCCCC3)c(C(C)(C)C)cc1-2.Clc1ccc([C](=[Zr+2])c2ccc(Cl)cc2)cc1.[Cl-].[Cl-].c1cc[cH-]c1. The Labute approximate surface area is 446 Å². The third-order valence-corrected chi connectivity index (χ3v) is 16.0. The third-order valence-electron chi connectivity index (χ3n) is 14.1. The van der Waals surface area contributed by atoms with Crippen LogP contribution >= 0.6 is 23.2 Å². The van der Waals surface area contributed by atoms with Gasteiger partial charge >= 0.3 is 120 Å². The van der Waals surface area contributed by atoms with Crippen molar-refractivity contribution in [1.82, 2.24) is 0 Å². The van der Waals surface area contributed by atoms with Crippen molar-refractivity contribution < 1.29 is 49.0 Å². The third kappa shape index (κ3) is 12.9. The summed E-state index contributed by atoms with van der Waals surface area (Å²) in [7, 11) is 0. The molecule has 0 saturated heterocycles. The fourth-order valence-electron chi connectivity index (χ4n) is 10.6. The van der Waals surface area contributed by atoms with Crippen molar-refractivity contribution in [3.63, 3.8) is 0 Å². The molecule has 0 radical (unpaired) electrons. The minimum absolute atomic E-state index is 0. The number of fused-ring (bicyclic) bond motifs is 3. The van der Waals surface area contributed by atoms with E-state index < -0.39 is 0 Å². The number of hydrogen-bond donors (Lipinski definition) is 0. The predicted octanol–water partition coefficient (Wildman–Crippen LogP) is 12.6. The van der Waals surface area contributed by atoms with E-state index >= 15 is 0 Å². The van der Waals surface area contributed by atoms with Crippen molar-refractivity contribution in [3.8, 4) is 33.4 Å². The molecule has 0 bridgehead atoms. The first-order valence-corrected chi connectivity index (χ1v) is 26.5. The Hall–Kier alpha value is -3.42. The summed E-state index contributed by atoms with van der Waals surface area (Å²) < 4.78 is 1.31. The molecule has 0 unspecified atom stereocenters. The number of benzene rings is 6. The molecular weight excluding hydrogens is 990 g/mol.